The fraction of sp³-hybridized carbons (Fsp3) is 0.235. The molecule has 1 amide bonds. The average Bonchev–Trinajstić information content (AvgIpc) is 3.34. The second-order valence-electron chi connectivity index (χ2n) is 5.77. The highest BCUT2D eigenvalue weighted by atomic mass is 32.2. The van der Waals surface area contributed by atoms with E-state index >= 15 is 0 Å². The zero-order valence-electron chi connectivity index (χ0n) is 12.5. The highest BCUT2D eigenvalue weighted by Gasteiger charge is 2.43. The Morgan fingerprint density at radius 3 is 2.35 bits per heavy atom. The predicted octanol–water partition coefficient (Wildman–Crippen LogP) is 1.75. The van der Waals surface area contributed by atoms with Crippen LogP contribution in [0.4, 0.5) is 0 Å². The second kappa shape index (κ2) is 6.14. The number of carbonyl (C=O) groups is 1. The summed E-state index contributed by atoms with van der Waals surface area (Å²) in [6.07, 6.45) is 0.875. The van der Waals surface area contributed by atoms with Gasteiger partial charge in [0.25, 0.3) is 0 Å². The standard InChI is InChI=1S/C17H18N2O3S/c18-23(21,22)14-8-6-12(7-9-14)11-19-17(20)16-10-15(16)13-4-2-1-3-5-13/h1-9,15-16H,10-11H2,(H,19,20)(H2,18,21,22). The van der Waals surface area contributed by atoms with Crippen molar-refractivity contribution in [1.82, 2.24) is 5.32 Å². The lowest BCUT2D eigenvalue weighted by Crippen LogP contribution is -2.24. The summed E-state index contributed by atoms with van der Waals surface area (Å²) in [7, 11) is -3.68. The molecule has 3 N–H and O–H groups in total. The Bertz CT molecular complexity index is 801. The van der Waals surface area contributed by atoms with Gasteiger partial charge in [-0.3, -0.25) is 4.79 Å². The highest BCUT2D eigenvalue weighted by molar-refractivity contribution is 7.89. The topological polar surface area (TPSA) is 89.3 Å². The van der Waals surface area contributed by atoms with E-state index < -0.39 is 10.0 Å². The first-order valence-electron chi connectivity index (χ1n) is 7.39. The summed E-state index contributed by atoms with van der Waals surface area (Å²) in [6.45, 7) is 0.377. The summed E-state index contributed by atoms with van der Waals surface area (Å²) in [5, 5.41) is 7.95. The van der Waals surface area contributed by atoms with Gasteiger partial charge < -0.3 is 5.32 Å². The minimum atomic E-state index is -3.68. The first-order valence-corrected chi connectivity index (χ1v) is 8.94. The average molecular weight is 330 g/mol. The van der Waals surface area contributed by atoms with Crippen molar-refractivity contribution in [2.45, 2.75) is 23.8 Å². The van der Waals surface area contributed by atoms with Crippen molar-refractivity contribution in [1.29, 1.82) is 0 Å². The maximum absolute atomic E-state index is 12.2. The van der Waals surface area contributed by atoms with Gasteiger partial charge in [0.15, 0.2) is 0 Å². The zero-order chi connectivity index (χ0) is 16.4. The molecule has 1 aliphatic carbocycles. The number of benzene rings is 2. The van der Waals surface area contributed by atoms with E-state index in [9.17, 15) is 13.2 Å². The van der Waals surface area contributed by atoms with Crippen molar-refractivity contribution in [3.8, 4) is 0 Å². The third-order valence-electron chi connectivity index (χ3n) is 4.07. The van der Waals surface area contributed by atoms with Crippen LogP contribution in [-0.2, 0) is 21.4 Å². The third-order valence-corrected chi connectivity index (χ3v) is 5.00. The van der Waals surface area contributed by atoms with E-state index in [1.54, 1.807) is 12.1 Å². The van der Waals surface area contributed by atoms with Gasteiger partial charge in [0.1, 0.15) is 0 Å². The van der Waals surface area contributed by atoms with E-state index in [0.29, 0.717) is 12.5 Å². The first kappa shape index (κ1) is 15.7. The lowest BCUT2D eigenvalue weighted by molar-refractivity contribution is -0.122. The van der Waals surface area contributed by atoms with Crippen LogP contribution < -0.4 is 10.5 Å². The van der Waals surface area contributed by atoms with Crippen molar-refractivity contribution in [2.75, 3.05) is 0 Å². The molecule has 0 saturated heterocycles. The molecule has 0 aliphatic heterocycles. The van der Waals surface area contributed by atoms with Gasteiger partial charge >= 0.3 is 0 Å². The van der Waals surface area contributed by atoms with E-state index in [1.807, 2.05) is 30.3 Å². The van der Waals surface area contributed by atoms with Crippen molar-refractivity contribution >= 4 is 15.9 Å². The minimum Gasteiger partial charge on any atom is -0.352 e. The molecule has 0 radical (unpaired) electrons. The number of rotatable bonds is 5. The number of carbonyl (C=O) groups excluding carboxylic acids is 1. The number of nitrogens with two attached hydrogens (primary N) is 1. The Labute approximate surface area is 135 Å². The van der Waals surface area contributed by atoms with Crippen LogP contribution in [0.15, 0.2) is 59.5 Å². The number of hydrogen-bond donors (Lipinski definition) is 2. The van der Waals surface area contributed by atoms with Crippen LogP contribution in [0.1, 0.15) is 23.5 Å². The summed E-state index contributed by atoms with van der Waals surface area (Å²) >= 11 is 0. The Balaban J connectivity index is 1.54. The van der Waals surface area contributed by atoms with Crippen LogP contribution >= 0.6 is 0 Å². The van der Waals surface area contributed by atoms with E-state index in [4.69, 9.17) is 5.14 Å². The molecule has 0 heterocycles. The summed E-state index contributed by atoms with van der Waals surface area (Å²) < 4.78 is 22.4. The van der Waals surface area contributed by atoms with Gasteiger partial charge in [0.2, 0.25) is 15.9 Å². The lowest BCUT2D eigenvalue weighted by atomic mass is 10.1. The van der Waals surface area contributed by atoms with Gasteiger partial charge in [-0.05, 0) is 35.6 Å². The second-order valence-corrected chi connectivity index (χ2v) is 7.33. The number of nitrogens with one attached hydrogen (secondary N) is 1. The van der Waals surface area contributed by atoms with Crippen molar-refractivity contribution in [2.24, 2.45) is 11.1 Å². The summed E-state index contributed by atoms with van der Waals surface area (Å²) in [5.74, 6) is 0.372. The number of primary sulfonamides is 1. The smallest absolute Gasteiger partial charge is 0.238 e. The van der Waals surface area contributed by atoms with Crippen LogP contribution in [0.2, 0.25) is 0 Å². The van der Waals surface area contributed by atoms with Crippen LogP contribution in [0.5, 0.6) is 0 Å². The molecular weight excluding hydrogens is 312 g/mol. The fourth-order valence-corrected chi connectivity index (χ4v) is 3.19. The van der Waals surface area contributed by atoms with Crippen LogP contribution in [0, 0.1) is 5.92 Å². The van der Waals surface area contributed by atoms with Crippen molar-refractivity contribution in [3.63, 3.8) is 0 Å². The summed E-state index contributed by atoms with van der Waals surface area (Å²) in [5.41, 5.74) is 2.04. The van der Waals surface area contributed by atoms with Gasteiger partial charge in [-0.15, -0.1) is 0 Å². The van der Waals surface area contributed by atoms with Crippen LogP contribution in [0.3, 0.4) is 0 Å². The Hall–Kier alpha value is -2.18. The van der Waals surface area contributed by atoms with Gasteiger partial charge in [-0.25, -0.2) is 13.6 Å². The molecule has 1 aliphatic rings. The molecule has 5 nitrogen and oxygen atoms in total. The lowest BCUT2D eigenvalue weighted by Gasteiger charge is -2.06. The third kappa shape index (κ3) is 3.78. The zero-order valence-corrected chi connectivity index (χ0v) is 13.3. The summed E-state index contributed by atoms with van der Waals surface area (Å²) in [6, 6.07) is 16.2. The Morgan fingerprint density at radius 2 is 1.74 bits per heavy atom. The highest BCUT2D eigenvalue weighted by Crippen LogP contribution is 2.47. The predicted molar refractivity (Wildman–Crippen MR) is 87.0 cm³/mol. The molecule has 2 aromatic rings. The number of hydrogen-bond acceptors (Lipinski definition) is 3. The molecule has 3 rings (SSSR count). The molecule has 0 aromatic heterocycles. The maximum Gasteiger partial charge on any atom is 0.238 e. The molecule has 0 spiro atoms. The molecule has 23 heavy (non-hydrogen) atoms. The van der Waals surface area contributed by atoms with Gasteiger partial charge in [-0.2, -0.15) is 0 Å². The number of sulfonamides is 1. The van der Waals surface area contributed by atoms with Crippen molar-refractivity contribution in [3.05, 3.63) is 65.7 Å². The molecule has 2 aromatic carbocycles. The van der Waals surface area contributed by atoms with Gasteiger partial charge in [0.05, 0.1) is 4.90 Å². The van der Waals surface area contributed by atoms with Crippen molar-refractivity contribution < 1.29 is 13.2 Å². The molecule has 1 fully saturated rings. The molecule has 1 saturated carbocycles. The fourth-order valence-electron chi connectivity index (χ4n) is 2.67. The van der Waals surface area contributed by atoms with Crippen LogP contribution in [0.25, 0.3) is 0 Å². The molecule has 0 bridgehead atoms. The molecular formula is C17H18N2O3S. The molecule has 6 heteroatoms. The SMILES string of the molecule is NS(=O)(=O)c1ccc(CNC(=O)C2CC2c2ccccc2)cc1. The molecule has 2 unspecified atom stereocenters. The first-order chi connectivity index (χ1) is 10.9. The maximum atomic E-state index is 12.2. The molecule has 2 atom stereocenters. The Morgan fingerprint density at radius 1 is 1.09 bits per heavy atom. The minimum absolute atomic E-state index is 0.0288. The number of amides is 1. The van der Waals surface area contributed by atoms with Gasteiger partial charge in [0, 0.05) is 12.5 Å². The van der Waals surface area contributed by atoms with E-state index in [-0.39, 0.29) is 16.7 Å². The van der Waals surface area contributed by atoms with E-state index in [1.165, 1.54) is 17.7 Å². The van der Waals surface area contributed by atoms with Crippen LogP contribution in [-0.4, -0.2) is 14.3 Å². The van der Waals surface area contributed by atoms with Gasteiger partial charge in [-0.1, -0.05) is 42.5 Å². The molecule has 120 valence electrons. The van der Waals surface area contributed by atoms with E-state index in [2.05, 4.69) is 5.32 Å². The largest absolute Gasteiger partial charge is 0.352 e. The Kier molecular flexibility index (Phi) is 4.19. The van der Waals surface area contributed by atoms with E-state index in [0.717, 1.165) is 12.0 Å². The normalized spacial score (nSPS) is 20.0. The quantitative estimate of drug-likeness (QED) is 0.875. The summed E-state index contributed by atoms with van der Waals surface area (Å²) in [4.78, 5) is 12.2. The monoisotopic (exact) mass is 330 g/mol.